The predicted molar refractivity (Wildman–Crippen MR) is 94.1 cm³/mol. The standard InChI is InChI=1S/C19H21ClO4/c1-5-14-7-6-8-17(24-19(21)22-4)15(14)11-23-18-10-13(3)12(2)9-16(18)20/h6-10H,5,11H2,1-4H3. The second-order valence-electron chi connectivity index (χ2n) is 5.46. The Bertz CT molecular complexity index is 740. The molecule has 0 aliphatic carbocycles. The highest BCUT2D eigenvalue weighted by molar-refractivity contribution is 6.32. The number of halogens is 1. The highest BCUT2D eigenvalue weighted by atomic mass is 35.5. The lowest BCUT2D eigenvalue weighted by atomic mass is 10.0. The zero-order valence-corrected chi connectivity index (χ0v) is 15.1. The Kier molecular flexibility index (Phi) is 6.10. The molecule has 0 N–H and O–H groups in total. The maximum atomic E-state index is 11.4. The van der Waals surface area contributed by atoms with Gasteiger partial charge in [-0.15, -0.1) is 0 Å². The lowest BCUT2D eigenvalue weighted by Crippen LogP contribution is -2.11. The predicted octanol–water partition coefficient (Wildman–Crippen LogP) is 5.24. The molecule has 24 heavy (non-hydrogen) atoms. The Balaban J connectivity index is 2.28. The fourth-order valence-corrected chi connectivity index (χ4v) is 2.62. The van der Waals surface area contributed by atoms with Gasteiger partial charge in [-0.1, -0.05) is 30.7 Å². The summed E-state index contributed by atoms with van der Waals surface area (Å²) in [6, 6.07) is 9.32. The molecule has 0 saturated heterocycles. The molecule has 0 unspecified atom stereocenters. The minimum absolute atomic E-state index is 0.249. The van der Waals surface area contributed by atoms with Crippen molar-refractivity contribution in [3.8, 4) is 11.5 Å². The van der Waals surface area contributed by atoms with Crippen LogP contribution < -0.4 is 9.47 Å². The second-order valence-corrected chi connectivity index (χ2v) is 5.87. The first-order valence-corrected chi connectivity index (χ1v) is 8.10. The van der Waals surface area contributed by atoms with Crippen molar-refractivity contribution < 1.29 is 19.0 Å². The molecule has 0 heterocycles. The first-order chi connectivity index (χ1) is 11.5. The van der Waals surface area contributed by atoms with Gasteiger partial charge in [-0.05, 0) is 55.2 Å². The van der Waals surface area contributed by atoms with Gasteiger partial charge >= 0.3 is 6.16 Å². The third-order valence-corrected chi connectivity index (χ3v) is 4.19. The van der Waals surface area contributed by atoms with Crippen LogP contribution >= 0.6 is 11.6 Å². The van der Waals surface area contributed by atoms with Gasteiger partial charge in [0.25, 0.3) is 0 Å². The molecular weight excluding hydrogens is 328 g/mol. The fraction of sp³-hybridized carbons (Fsp3) is 0.316. The summed E-state index contributed by atoms with van der Waals surface area (Å²) >= 11 is 6.26. The summed E-state index contributed by atoms with van der Waals surface area (Å²) in [6.07, 6.45) is 0.0336. The average Bonchev–Trinajstić information content (AvgIpc) is 2.57. The van der Waals surface area contributed by atoms with Crippen molar-refractivity contribution in [3.05, 3.63) is 57.6 Å². The van der Waals surface area contributed by atoms with Crippen LogP contribution in [0, 0.1) is 13.8 Å². The summed E-state index contributed by atoms with van der Waals surface area (Å²) in [7, 11) is 1.27. The molecule has 2 rings (SSSR count). The molecule has 4 nitrogen and oxygen atoms in total. The first-order valence-electron chi connectivity index (χ1n) is 7.72. The van der Waals surface area contributed by atoms with Crippen molar-refractivity contribution in [2.75, 3.05) is 7.11 Å². The van der Waals surface area contributed by atoms with Crippen LogP contribution in [0.1, 0.15) is 29.2 Å². The largest absolute Gasteiger partial charge is 0.513 e. The molecular formula is C19H21ClO4. The summed E-state index contributed by atoms with van der Waals surface area (Å²) in [4.78, 5) is 11.4. The fourth-order valence-electron chi connectivity index (χ4n) is 2.35. The molecule has 0 aliphatic rings. The van der Waals surface area contributed by atoms with Crippen LogP contribution in [0.25, 0.3) is 0 Å². The molecule has 0 amide bonds. The van der Waals surface area contributed by atoms with Crippen molar-refractivity contribution in [3.63, 3.8) is 0 Å². The van der Waals surface area contributed by atoms with E-state index in [1.165, 1.54) is 7.11 Å². The lowest BCUT2D eigenvalue weighted by Gasteiger charge is -2.15. The minimum atomic E-state index is -0.756. The number of rotatable bonds is 5. The minimum Gasteiger partial charge on any atom is -0.487 e. The highest BCUT2D eigenvalue weighted by Gasteiger charge is 2.14. The number of carbonyl (C=O) groups excluding carboxylic acids is 1. The summed E-state index contributed by atoms with van der Waals surface area (Å²) < 4.78 is 15.7. The van der Waals surface area contributed by atoms with Gasteiger partial charge in [-0.25, -0.2) is 4.79 Å². The van der Waals surface area contributed by atoms with Gasteiger partial charge in [-0.2, -0.15) is 0 Å². The summed E-state index contributed by atoms with van der Waals surface area (Å²) in [5, 5.41) is 0.558. The molecule has 0 aliphatic heterocycles. The van der Waals surface area contributed by atoms with Crippen LogP contribution in [-0.2, 0) is 17.8 Å². The Morgan fingerprint density at radius 2 is 1.83 bits per heavy atom. The van der Waals surface area contributed by atoms with Crippen LogP contribution in [0.5, 0.6) is 11.5 Å². The number of hydrogen-bond donors (Lipinski definition) is 0. The number of carbonyl (C=O) groups is 1. The topological polar surface area (TPSA) is 44.8 Å². The van der Waals surface area contributed by atoms with E-state index in [-0.39, 0.29) is 6.61 Å². The van der Waals surface area contributed by atoms with E-state index < -0.39 is 6.16 Å². The summed E-state index contributed by atoms with van der Waals surface area (Å²) in [5.74, 6) is 1.04. The number of aryl methyl sites for hydroxylation is 3. The van der Waals surface area contributed by atoms with Gasteiger partial charge in [0.05, 0.1) is 12.1 Å². The number of benzene rings is 2. The van der Waals surface area contributed by atoms with Gasteiger partial charge in [-0.3, -0.25) is 0 Å². The third-order valence-electron chi connectivity index (χ3n) is 3.89. The van der Waals surface area contributed by atoms with Gasteiger partial charge in [0.2, 0.25) is 0 Å². The Morgan fingerprint density at radius 3 is 2.50 bits per heavy atom. The first kappa shape index (κ1) is 18.1. The Hall–Kier alpha value is -2.20. The zero-order valence-electron chi connectivity index (χ0n) is 14.3. The van der Waals surface area contributed by atoms with E-state index in [9.17, 15) is 4.79 Å². The van der Waals surface area contributed by atoms with Crippen LogP contribution in [0.4, 0.5) is 4.79 Å². The Labute approximate surface area is 147 Å². The van der Waals surface area contributed by atoms with Crippen molar-refractivity contribution in [1.82, 2.24) is 0 Å². The summed E-state index contributed by atoms with van der Waals surface area (Å²) in [5.41, 5.74) is 4.05. The van der Waals surface area contributed by atoms with Crippen LogP contribution in [0.15, 0.2) is 30.3 Å². The second kappa shape index (κ2) is 8.06. The number of methoxy groups -OCH3 is 1. The molecule has 0 atom stereocenters. The third kappa shape index (κ3) is 4.20. The number of ether oxygens (including phenoxy) is 3. The maximum absolute atomic E-state index is 11.4. The average molecular weight is 349 g/mol. The SMILES string of the molecule is CCc1cccc(OC(=O)OC)c1COc1cc(C)c(C)cc1Cl. The van der Waals surface area contributed by atoms with Crippen LogP contribution in [0.3, 0.4) is 0 Å². The molecule has 0 spiro atoms. The van der Waals surface area contributed by atoms with Gasteiger partial charge < -0.3 is 14.2 Å². The van der Waals surface area contributed by atoms with Gasteiger partial charge in [0.15, 0.2) is 0 Å². The monoisotopic (exact) mass is 348 g/mol. The number of hydrogen-bond acceptors (Lipinski definition) is 4. The summed E-state index contributed by atoms with van der Waals surface area (Å²) in [6.45, 7) is 6.28. The zero-order chi connectivity index (χ0) is 17.7. The van der Waals surface area contributed by atoms with E-state index >= 15 is 0 Å². The van der Waals surface area contributed by atoms with Crippen molar-refractivity contribution >= 4 is 17.8 Å². The molecule has 2 aromatic rings. The molecule has 2 aromatic carbocycles. The van der Waals surface area contributed by atoms with Crippen molar-refractivity contribution in [1.29, 1.82) is 0 Å². The van der Waals surface area contributed by atoms with E-state index in [1.54, 1.807) is 6.07 Å². The highest BCUT2D eigenvalue weighted by Crippen LogP contribution is 2.31. The maximum Gasteiger partial charge on any atom is 0.513 e. The quantitative estimate of drug-likeness (QED) is 0.547. The van der Waals surface area contributed by atoms with E-state index in [1.807, 2.05) is 45.0 Å². The van der Waals surface area contributed by atoms with Crippen molar-refractivity contribution in [2.24, 2.45) is 0 Å². The van der Waals surface area contributed by atoms with E-state index in [2.05, 4.69) is 4.74 Å². The van der Waals surface area contributed by atoms with Gasteiger partial charge in [0.1, 0.15) is 18.1 Å². The normalized spacial score (nSPS) is 10.4. The van der Waals surface area contributed by atoms with Gasteiger partial charge in [0, 0.05) is 5.56 Å². The molecule has 0 bridgehead atoms. The molecule has 0 saturated carbocycles. The smallest absolute Gasteiger partial charge is 0.487 e. The van der Waals surface area contributed by atoms with Crippen LogP contribution in [0.2, 0.25) is 5.02 Å². The van der Waals surface area contributed by atoms with E-state index in [0.717, 1.165) is 28.7 Å². The van der Waals surface area contributed by atoms with Crippen molar-refractivity contribution in [2.45, 2.75) is 33.8 Å². The molecule has 128 valence electrons. The van der Waals surface area contributed by atoms with Crippen LogP contribution in [-0.4, -0.2) is 13.3 Å². The molecule has 5 heteroatoms. The molecule has 0 aromatic heterocycles. The van der Waals surface area contributed by atoms with E-state index in [4.69, 9.17) is 21.1 Å². The lowest BCUT2D eigenvalue weighted by molar-refractivity contribution is 0.120. The van der Waals surface area contributed by atoms with E-state index in [0.29, 0.717) is 16.5 Å². The molecule has 0 radical (unpaired) electrons. The molecule has 0 fully saturated rings. The Morgan fingerprint density at radius 1 is 1.12 bits per heavy atom.